The maximum Gasteiger partial charge on any atom is 0.316 e. The van der Waals surface area contributed by atoms with Crippen LogP contribution in [-0.2, 0) is 6.54 Å². The molecule has 2 aromatic rings. The highest BCUT2D eigenvalue weighted by molar-refractivity contribution is 5.27. The Hall–Kier alpha value is -1.98. The first-order valence-corrected chi connectivity index (χ1v) is 11.7. The molecule has 2 saturated heterocycles. The van der Waals surface area contributed by atoms with Gasteiger partial charge in [0.15, 0.2) is 0 Å². The lowest BCUT2D eigenvalue weighted by Gasteiger charge is -2.35. The topological polar surface area (TPSA) is 50.3 Å². The zero-order chi connectivity index (χ0) is 20.3. The summed E-state index contributed by atoms with van der Waals surface area (Å²) in [6.07, 6.45) is 6.27. The minimum absolute atomic E-state index is 0.496. The van der Waals surface area contributed by atoms with Crippen molar-refractivity contribution in [3.05, 3.63) is 52.8 Å². The van der Waals surface area contributed by atoms with E-state index in [1.54, 1.807) is 0 Å². The lowest BCUT2D eigenvalue weighted by atomic mass is 9.72. The summed E-state index contributed by atoms with van der Waals surface area (Å²) in [5, 5.41) is 3.42. The largest absolute Gasteiger partial charge is 0.463 e. The minimum atomic E-state index is 0.496. The lowest BCUT2D eigenvalue weighted by molar-refractivity contribution is 0.149. The van der Waals surface area contributed by atoms with E-state index in [1.807, 2.05) is 6.92 Å². The predicted octanol–water partition coefficient (Wildman–Crippen LogP) is 4.03. The molecule has 0 radical (unpaired) electrons. The third-order valence-corrected chi connectivity index (χ3v) is 7.07. The standard InChI is InChI=1S/C25H34N4O/c1-18-12-24(22-8-9-26-15-22)28-25(27-18)30-17-20-13-23(14-20)21-6-4-19(5-7-21)16-29-10-2-3-11-29/h4-7,12,20,22-23,26H,2-3,8-11,13-17H2,1H3/t20-,22?,23+. The molecule has 3 heterocycles. The number of benzene rings is 1. The quantitative estimate of drug-likeness (QED) is 0.752. The van der Waals surface area contributed by atoms with E-state index in [2.05, 4.69) is 45.5 Å². The molecular formula is C25H34N4O. The number of rotatable bonds is 7. The Morgan fingerprint density at radius 1 is 1.07 bits per heavy atom. The van der Waals surface area contributed by atoms with Crippen LogP contribution in [-0.4, -0.2) is 47.7 Å². The zero-order valence-corrected chi connectivity index (χ0v) is 18.1. The SMILES string of the molecule is Cc1cc(C2CCNC2)nc(OC[C@H]2C[C@@H](c3ccc(CN4CCCC4)cc3)C2)n1. The summed E-state index contributed by atoms with van der Waals surface area (Å²) >= 11 is 0. The van der Waals surface area contributed by atoms with Crippen LogP contribution in [0, 0.1) is 12.8 Å². The second-order valence-corrected chi connectivity index (χ2v) is 9.48. The molecule has 1 N–H and O–H groups in total. The van der Waals surface area contributed by atoms with Gasteiger partial charge in [0.05, 0.1) is 12.3 Å². The van der Waals surface area contributed by atoms with Crippen molar-refractivity contribution >= 4 is 0 Å². The summed E-state index contributed by atoms with van der Waals surface area (Å²) in [7, 11) is 0. The van der Waals surface area contributed by atoms with Gasteiger partial charge in [-0.2, -0.15) is 4.98 Å². The Labute approximate surface area is 180 Å². The molecule has 0 bridgehead atoms. The molecule has 1 aliphatic carbocycles. The second kappa shape index (κ2) is 9.03. The third-order valence-electron chi connectivity index (χ3n) is 7.07. The van der Waals surface area contributed by atoms with Gasteiger partial charge < -0.3 is 10.1 Å². The summed E-state index contributed by atoms with van der Waals surface area (Å²) in [4.78, 5) is 11.8. The number of nitrogens with zero attached hydrogens (tertiary/aromatic N) is 3. The van der Waals surface area contributed by atoms with Crippen LogP contribution in [0.15, 0.2) is 30.3 Å². The molecular weight excluding hydrogens is 372 g/mol. The first kappa shape index (κ1) is 20.0. The fraction of sp³-hybridized carbons (Fsp3) is 0.600. The summed E-state index contributed by atoms with van der Waals surface area (Å²) in [6, 6.07) is 12.0. The van der Waals surface area contributed by atoms with Gasteiger partial charge in [-0.15, -0.1) is 0 Å². The molecule has 1 unspecified atom stereocenters. The van der Waals surface area contributed by atoms with E-state index >= 15 is 0 Å². The van der Waals surface area contributed by atoms with Crippen LogP contribution < -0.4 is 10.1 Å². The Morgan fingerprint density at radius 3 is 2.60 bits per heavy atom. The molecule has 0 spiro atoms. The fourth-order valence-electron chi connectivity index (χ4n) is 5.18. The van der Waals surface area contributed by atoms with Gasteiger partial charge in [0.25, 0.3) is 0 Å². The number of aromatic nitrogens is 2. The number of hydrogen-bond donors (Lipinski definition) is 1. The van der Waals surface area contributed by atoms with Crippen LogP contribution in [0.4, 0.5) is 0 Å². The van der Waals surface area contributed by atoms with Crippen molar-refractivity contribution in [2.24, 2.45) is 5.92 Å². The number of hydrogen-bond acceptors (Lipinski definition) is 5. The third kappa shape index (κ3) is 4.68. The molecule has 160 valence electrons. The summed E-state index contributed by atoms with van der Waals surface area (Å²) in [6.45, 7) is 8.48. The average molecular weight is 407 g/mol. The van der Waals surface area contributed by atoms with Crippen molar-refractivity contribution in [1.82, 2.24) is 20.2 Å². The molecule has 30 heavy (non-hydrogen) atoms. The second-order valence-electron chi connectivity index (χ2n) is 9.48. The highest BCUT2D eigenvalue weighted by Crippen LogP contribution is 2.41. The normalized spacial score (nSPS) is 26.6. The summed E-state index contributed by atoms with van der Waals surface area (Å²) < 4.78 is 6.02. The van der Waals surface area contributed by atoms with Gasteiger partial charge in [-0.3, -0.25) is 4.90 Å². The molecule has 2 aliphatic heterocycles. The van der Waals surface area contributed by atoms with E-state index in [9.17, 15) is 0 Å². The zero-order valence-electron chi connectivity index (χ0n) is 18.1. The highest BCUT2D eigenvalue weighted by atomic mass is 16.5. The first-order chi connectivity index (χ1) is 14.7. The van der Waals surface area contributed by atoms with Crippen molar-refractivity contribution < 1.29 is 4.74 Å². The molecule has 1 saturated carbocycles. The van der Waals surface area contributed by atoms with Crippen molar-refractivity contribution in [2.75, 3.05) is 32.8 Å². The molecule has 5 rings (SSSR count). The molecule has 3 fully saturated rings. The van der Waals surface area contributed by atoms with Gasteiger partial charge in [0.2, 0.25) is 0 Å². The van der Waals surface area contributed by atoms with Crippen LogP contribution in [0.5, 0.6) is 6.01 Å². The van der Waals surface area contributed by atoms with E-state index in [4.69, 9.17) is 9.72 Å². The Balaban J connectivity index is 1.10. The Morgan fingerprint density at radius 2 is 1.87 bits per heavy atom. The smallest absolute Gasteiger partial charge is 0.316 e. The fourth-order valence-corrected chi connectivity index (χ4v) is 5.18. The molecule has 1 aromatic carbocycles. The predicted molar refractivity (Wildman–Crippen MR) is 119 cm³/mol. The van der Waals surface area contributed by atoms with Crippen LogP contribution in [0.1, 0.15) is 66.5 Å². The number of likely N-dealkylation sites (tertiary alicyclic amines) is 1. The van der Waals surface area contributed by atoms with E-state index in [-0.39, 0.29) is 0 Å². The molecule has 5 nitrogen and oxygen atoms in total. The van der Waals surface area contributed by atoms with E-state index in [0.29, 0.717) is 23.8 Å². The Bertz CT molecular complexity index is 835. The van der Waals surface area contributed by atoms with Crippen molar-refractivity contribution in [3.8, 4) is 6.01 Å². The van der Waals surface area contributed by atoms with E-state index in [1.165, 1.54) is 49.9 Å². The van der Waals surface area contributed by atoms with Crippen LogP contribution >= 0.6 is 0 Å². The molecule has 0 amide bonds. The maximum atomic E-state index is 6.02. The van der Waals surface area contributed by atoms with Gasteiger partial charge >= 0.3 is 6.01 Å². The van der Waals surface area contributed by atoms with Crippen LogP contribution in [0.3, 0.4) is 0 Å². The molecule has 1 atom stereocenters. The summed E-state index contributed by atoms with van der Waals surface area (Å²) in [5.74, 6) is 1.79. The van der Waals surface area contributed by atoms with Gasteiger partial charge in [-0.25, -0.2) is 4.98 Å². The number of aryl methyl sites for hydroxylation is 1. The highest BCUT2D eigenvalue weighted by Gasteiger charge is 2.31. The molecule has 3 aliphatic rings. The summed E-state index contributed by atoms with van der Waals surface area (Å²) in [5.41, 5.74) is 5.06. The molecule has 5 heteroatoms. The van der Waals surface area contributed by atoms with Gasteiger partial charge in [0, 0.05) is 24.7 Å². The minimum Gasteiger partial charge on any atom is -0.463 e. The van der Waals surface area contributed by atoms with E-state index in [0.717, 1.165) is 44.0 Å². The molecule has 1 aromatic heterocycles. The van der Waals surface area contributed by atoms with Gasteiger partial charge in [0.1, 0.15) is 0 Å². The van der Waals surface area contributed by atoms with Gasteiger partial charge in [-0.1, -0.05) is 24.3 Å². The van der Waals surface area contributed by atoms with E-state index < -0.39 is 0 Å². The number of nitrogens with one attached hydrogen (secondary N) is 1. The first-order valence-electron chi connectivity index (χ1n) is 11.7. The maximum absolute atomic E-state index is 6.02. The van der Waals surface area contributed by atoms with Crippen molar-refractivity contribution in [3.63, 3.8) is 0 Å². The van der Waals surface area contributed by atoms with Crippen molar-refractivity contribution in [2.45, 2.75) is 57.4 Å². The lowest BCUT2D eigenvalue weighted by Crippen LogP contribution is -2.27. The number of ether oxygens (including phenoxy) is 1. The average Bonchev–Trinajstić information content (AvgIpc) is 3.42. The monoisotopic (exact) mass is 406 g/mol. The van der Waals surface area contributed by atoms with Crippen LogP contribution in [0.25, 0.3) is 0 Å². The van der Waals surface area contributed by atoms with Gasteiger partial charge in [-0.05, 0) is 87.7 Å². The van der Waals surface area contributed by atoms with Crippen molar-refractivity contribution in [1.29, 1.82) is 0 Å². The Kier molecular flexibility index (Phi) is 6.00. The van der Waals surface area contributed by atoms with Crippen LogP contribution in [0.2, 0.25) is 0 Å².